The summed E-state index contributed by atoms with van der Waals surface area (Å²) in [7, 11) is 0. The number of fused-ring (bicyclic) bond motifs is 13. The monoisotopic (exact) mass is 763 g/mol. The van der Waals surface area contributed by atoms with Gasteiger partial charge in [-0.05, 0) is 179 Å². The van der Waals surface area contributed by atoms with E-state index in [4.69, 9.17) is 14.2 Å². The van der Waals surface area contributed by atoms with Gasteiger partial charge in [0.25, 0.3) is 0 Å². The first kappa shape index (κ1) is 48.5. The van der Waals surface area contributed by atoms with Crippen LogP contribution in [0.1, 0.15) is 150 Å². The minimum atomic E-state index is -0.946. The van der Waals surface area contributed by atoms with Crippen LogP contribution in [0.3, 0.4) is 0 Å². The molecule has 0 radical (unpaired) electrons. The van der Waals surface area contributed by atoms with E-state index in [0.29, 0.717) is 78.8 Å². The molecular weight excluding hydrogens is 677 g/mol. The molecule has 18 atom stereocenters. The van der Waals surface area contributed by atoms with Gasteiger partial charge < -0.3 is 19.3 Å². The van der Waals surface area contributed by atoms with Crippen molar-refractivity contribution in [2.24, 2.45) is 112 Å². The predicted molar refractivity (Wildman–Crippen MR) is 220 cm³/mol. The number of carboxylic acids is 1. The van der Waals surface area contributed by atoms with E-state index in [9.17, 15) is 19.5 Å². The summed E-state index contributed by atoms with van der Waals surface area (Å²) in [5.41, 5.74) is -0.706. The van der Waals surface area contributed by atoms with Crippen LogP contribution in [0.4, 0.5) is 0 Å². The second-order valence-electron chi connectivity index (χ2n) is 19.3. The molecule has 8 fully saturated rings. The molecule has 8 bridgehead atoms. The summed E-state index contributed by atoms with van der Waals surface area (Å²) < 4.78 is 18.1. The second-order valence-corrected chi connectivity index (χ2v) is 19.3. The number of esters is 2. The molecule has 54 heavy (non-hydrogen) atoms. The molecule has 7 heteroatoms. The first-order valence-electron chi connectivity index (χ1n) is 20.1. The second kappa shape index (κ2) is 18.3. The molecule has 0 aromatic carbocycles. The van der Waals surface area contributed by atoms with E-state index < -0.39 is 29.2 Å². The zero-order valence-electron chi connectivity index (χ0n) is 30.2. The first-order chi connectivity index (χ1) is 22.9. The number of carbonyl (C=O) groups excluding carboxylic acids is 2. The third-order valence-electron chi connectivity index (χ3n) is 17.1. The van der Waals surface area contributed by atoms with Crippen molar-refractivity contribution in [1.29, 1.82) is 0 Å². The molecule has 0 heterocycles. The topological polar surface area (TPSA) is 99.1 Å². The number of rotatable bonds is 13. The van der Waals surface area contributed by atoms with Crippen molar-refractivity contribution in [3.05, 3.63) is 0 Å². The van der Waals surface area contributed by atoms with E-state index in [-0.39, 0.29) is 69.2 Å². The Labute approximate surface area is 332 Å². The molecule has 0 saturated heterocycles. The van der Waals surface area contributed by atoms with Crippen LogP contribution in [-0.2, 0) is 28.6 Å². The molecular formula is C47H86O7. The lowest BCUT2D eigenvalue weighted by atomic mass is 9.57. The van der Waals surface area contributed by atoms with E-state index in [2.05, 4.69) is 13.8 Å². The Balaban J connectivity index is 0.00000168. The molecule has 18 unspecified atom stereocenters. The number of carbonyl (C=O) groups is 3. The van der Waals surface area contributed by atoms with Gasteiger partial charge in [0, 0.05) is 0 Å². The summed E-state index contributed by atoms with van der Waals surface area (Å²) in [6.07, 6.45) is 13.3. The molecule has 0 aliphatic heterocycles. The number of hydrogen-bond donors (Lipinski definition) is 1. The van der Waals surface area contributed by atoms with Crippen molar-refractivity contribution in [2.75, 3.05) is 20.0 Å². The predicted octanol–water partition coefficient (Wildman–Crippen LogP) is 11.5. The first-order valence-corrected chi connectivity index (χ1v) is 20.1. The third-order valence-corrected chi connectivity index (χ3v) is 17.1. The zero-order valence-corrected chi connectivity index (χ0v) is 30.2. The Hall–Kier alpha value is -1.63. The van der Waals surface area contributed by atoms with E-state index in [1.54, 1.807) is 6.92 Å². The Morgan fingerprint density at radius 1 is 0.648 bits per heavy atom. The molecule has 8 saturated carbocycles. The van der Waals surface area contributed by atoms with Crippen molar-refractivity contribution in [1.82, 2.24) is 0 Å². The fourth-order valence-corrected chi connectivity index (χ4v) is 14.8. The highest BCUT2D eigenvalue weighted by atomic mass is 16.7. The van der Waals surface area contributed by atoms with Gasteiger partial charge in [-0.2, -0.15) is 0 Å². The summed E-state index contributed by atoms with van der Waals surface area (Å²) in [6, 6.07) is 0. The molecule has 8 rings (SSSR count). The van der Waals surface area contributed by atoms with Crippen molar-refractivity contribution in [3.63, 3.8) is 0 Å². The Kier molecular flexibility index (Phi) is 16.5. The van der Waals surface area contributed by atoms with Crippen LogP contribution in [-0.4, -0.2) is 43.0 Å². The standard InChI is InChI=1S/C41H62O7.6CH4/c1-20-23-6-8-25(12-23)32(20)17-46-19-48-39(44)34(22(3)38(42)43)37-30-15-29(35-27-10-11-28(14-27)36(30)35)31(37)16-41(4,5)40(45)47-18-33-21(2)24-7-9-26(33)13-24;;;;;;/h20-37H,6-19H2,1-5H3,(H,42,43);6*1H4. The van der Waals surface area contributed by atoms with E-state index in [1.807, 2.05) is 13.8 Å². The van der Waals surface area contributed by atoms with Crippen LogP contribution in [0, 0.1) is 112 Å². The lowest BCUT2D eigenvalue weighted by Crippen LogP contribution is -2.48. The van der Waals surface area contributed by atoms with Gasteiger partial charge in [0.15, 0.2) is 6.79 Å². The smallest absolute Gasteiger partial charge is 0.312 e. The van der Waals surface area contributed by atoms with Gasteiger partial charge in [-0.15, -0.1) is 0 Å². The Bertz CT molecular complexity index is 1260. The van der Waals surface area contributed by atoms with E-state index in [0.717, 1.165) is 30.1 Å². The van der Waals surface area contributed by atoms with Crippen LogP contribution in [0.15, 0.2) is 0 Å². The highest BCUT2D eigenvalue weighted by Crippen LogP contribution is 2.72. The minimum Gasteiger partial charge on any atom is -0.481 e. The lowest BCUT2D eigenvalue weighted by Gasteiger charge is -2.47. The average Bonchev–Trinajstić information content (AvgIpc) is 3.90. The molecule has 8 aliphatic carbocycles. The Morgan fingerprint density at radius 2 is 1.13 bits per heavy atom. The Morgan fingerprint density at radius 3 is 1.65 bits per heavy atom. The van der Waals surface area contributed by atoms with Crippen molar-refractivity contribution >= 4 is 17.9 Å². The molecule has 7 nitrogen and oxygen atoms in total. The summed E-state index contributed by atoms with van der Waals surface area (Å²) in [5, 5.41) is 10.4. The van der Waals surface area contributed by atoms with Gasteiger partial charge in [-0.3, -0.25) is 14.4 Å². The number of carboxylic acid groups (broad SMARTS) is 1. The fourth-order valence-electron chi connectivity index (χ4n) is 14.8. The van der Waals surface area contributed by atoms with Crippen LogP contribution in [0.5, 0.6) is 0 Å². The van der Waals surface area contributed by atoms with Gasteiger partial charge >= 0.3 is 17.9 Å². The maximum absolute atomic E-state index is 14.1. The van der Waals surface area contributed by atoms with Gasteiger partial charge in [-0.1, -0.05) is 65.3 Å². The molecule has 316 valence electrons. The lowest BCUT2D eigenvalue weighted by molar-refractivity contribution is -0.175. The maximum Gasteiger partial charge on any atom is 0.312 e. The van der Waals surface area contributed by atoms with Gasteiger partial charge in [0.2, 0.25) is 0 Å². The zero-order chi connectivity index (χ0) is 33.6. The van der Waals surface area contributed by atoms with Gasteiger partial charge in [0.05, 0.1) is 30.5 Å². The van der Waals surface area contributed by atoms with Crippen LogP contribution in [0.2, 0.25) is 0 Å². The molecule has 0 amide bonds. The molecule has 0 aromatic heterocycles. The molecule has 1 N–H and O–H groups in total. The largest absolute Gasteiger partial charge is 0.481 e. The number of ether oxygens (including phenoxy) is 3. The SMILES string of the molecule is C.C.C.C.C.C.CC(C(=O)O)C(C(=O)OCOCC1C2CCC(C2)C1C)C1C(CC(C)(C)C(=O)OCC2C3CCC(C3)C2C)C2CC1C1C3CCC(C3)C21. The third kappa shape index (κ3) is 7.94. The van der Waals surface area contributed by atoms with Gasteiger partial charge in [-0.25, -0.2) is 0 Å². The number of hydrogen-bond acceptors (Lipinski definition) is 6. The fraction of sp³-hybridized carbons (Fsp3) is 0.936. The minimum absolute atomic E-state index is 0. The van der Waals surface area contributed by atoms with Crippen LogP contribution < -0.4 is 0 Å². The normalized spacial score (nSPS) is 42.2. The van der Waals surface area contributed by atoms with E-state index in [1.165, 1.54) is 57.8 Å². The van der Waals surface area contributed by atoms with Gasteiger partial charge in [0.1, 0.15) is 0 Å². The van der Waals surface area contributed by atoms with E-state index >= 15 is 0 Å². The number of aliphatic carboxylic acids is 1. The van der Waals surface area contributed by atoms with Crippen LogP contribution in [0.25, 0.3) is 0 Å². The summed E-state index contributed by atoms with van der Waals surface area (Å²) in [4.78, 5) is 40.6. The van der Waals surface area contributed by atoms with Crippen LogP contribution >= 0.6 is 0 Å². The van der Waals surface area contributed by atoms with Crippen molar-refractivity contribution in [3.8, 4) is 0 Å². The van der Waals surface area contributed by atoms with Crippen molar-refractivity contribution < 1.29 is 33.7 Å². The molecule has 0 spiro atoms. The highest BCUT2D eigenvalue weighted by Gasteiger charge is 2.68. The molecule has 8 aliphatic rings. The summed E-state index contributed by atoms with van der Waals surface area (Å²) >= 11 is 0. The highest BCUT2D eigenvalue weighted by molar-refractivity contribution is 5.81. The quantitative estimate of drug-likeness (QED) is 0.0863. The molecule has 0 aromatic rings. The van der Waals surface area contributed by atoms with Crippen molar-refractivity contribution in [2.45, 2.75) is 150 Å². The average molecular weight is 763 g/mol. The summed E-state index contributed by atoms with van der Waals surface area (Å²) in [6.45, 7) is 11.4. The summed E-state index contributed by atoms with van der Waals surface area (Å²) in [5.74, 6) is 5.61. The maximum atomic E-state index is 14.1.